The third-order valence-corrected chi connectivity index (χ3v) is 6.52. The Labute approximate surface area is 151 Å². The van der Waals surface area contributed by atoms with Crippen LogP contribution >= 0.6 is 0 Å². The molecule has 0 saturated carbocycles. The van der Waals surface area contributed by atoms with Crippen LogP contribution < -0.4 is 5.32 Å². The second kappa shape index (κ2) is 11.8. The van der Waals surface area contributed by atoms with E-state index in [2.05, 4.69) is 5.32 Å². The summed E-state index contributed by atoms with van der Waals surface area (Å²) in [7, 11) is -1.80. The highest BCUT2D eigenvalue weighted by molar-refractivity contribution is 6.46. The van der Waals surface area contributed by atoms with E-state index in [0.29, 0.717) is 31.7 Å². The topological polar surface area (TPSA) is 84.9 Å². The Hall–Kier alpha value is -1.70. The van der Waals surface area contributed by atoms with E-state index >= 15 is 0 Å². The van der Waals surface area contributed by atoms with Crippen molar-refractivity contribution in [1.82, 2.24) is 0 Å². The molecule has 0 bridgehead atoms. The van der Waals surface area contributed by atoms with Crippen molar-refractivity contribution < 1.29 is 23.5 Å². The number of aliphatic carboxylic acids is 1. The Balaban J connectivity index is 2.53. The highest BCUT2D eigenvalue weighted by Crippen LogP contribution is 2.24. The molecule has 1 rings (SSSR count). The Bertz CT molecular complexity index is 519. The lowest BCUT2D eigenvalue weighted by Crippen LogP contribution is -2.29. The molecule has 0 heterocycles. The summed E-state index contributed by atoms with van der Waals surface area (Å²) in [6.45, 7) is 7.09. The second-order valence-corrected chi connectivity index (χ2v) is 8.53. The highest BCUT2D eigenvalue weighted by Gasteiger charge is 2.26. The molecule has 0 saturated heterocycles. The molecule has 0 radical (unpaired) electrons. The molecule has 0 aliphatic rings. The van der Waals surface area contributed by atoms with Crippen LogP contribution in [0.5, 0.6) is 0 Å². The van der Waals surface area contributed by atoms with Crippen LogP contribution in [0.15, 0.2) is 30.3 Å². The number of anilines is 1. The normalized spacial score (nSPS) is 13.4. The Morgan fingerprint density at radius 1 is 1.12 bits per heavy atom. The largest absolute Gasteiger partial charge is 0.481 e. The van der Waals surface area contributed by atoms with E-state index in [0.717, 1.165) is 0 Å². The highest BCUT2D eigenvalue weighted by atomic mass is 28.3. The van der Waals surface area contributed by atoms with Crippen molar-refractivity contribution in [2.75, 3.05) is 18.5 Å². The van der Waals surface area contributed by atoms with Gasteiger partial charge in [-0.2, -0.15) is 0 Å². The summed E-state index contributed by atoms with van der Waals surface area (Å²) in [4.78, 5) is 23.6. The Morgan fingerprint density at radius 2 is 1.72 bits per heavy atom. The van der Waals surface area contributed by atoms with Gasteiger partial charge in [0.1, 0.15) is 0 Å². The van der Waals surface area contributed by atoms with Gasteiger partial charge in [0.25, 0.3) is 0 Å². The summed E-state index contributed by atoms with van der Waals surface area (Å²) in [6.07, 6.45) is 1.07. The van der Waals surface area contributed by atoms with Crippen LogP contribution in [0.25, 0.3) is 0 Å². The van der Waals surface area contributed by atoms with Crippen LogP contribution in [0.2, 0.25) is 5.54 Å². The summed E-state index contributed by atoms with van der Waals surface area (Å²) < 4.78 is 11.4. The van der Waals surface area contributed by atoms with Gasteiger partial charge in [0.15, 0.2) is 0 Å². The Morgan fingerprint density at radius 3 is 2.24 bits per heavy atom. The predicted molar refractivity (Wildman–Crippen MR) is 99.9 cm³/mol. The lowest BCUT2D eigenvalue weighted by Gasteiger charge is -2.22. The minimum atomic E-state index is -1.80. The smallest absolute Gasteiger partial charge is 0.324 e. The van der Waals surface area contributed by atoms with Crippen molar-refractivity contribution in [3.05, 3.63) is 30.3 Å². The van der Waals surface area contributed by atoms with Gasteiger partial charge in [-0.3, -0.25) is 9.59 Å². The molecule has 7 heteroatoms. The number of hydrogen-bond acceptors (Lipinski definition) is 4. The van der Waals surface area contributed by atoms with E-state index in [4.69, 9.17) is 8.85 Å². The minimum absolute atomic E-state index is 0.0353. The van der Waals surface area contributed by atoms with Crippen molar-refractivity contribution in [3.8, 4) is 0 Å². The lowest BCUT2D eigenvalue weighted by molar-refractivity contribution is -0.143. The molecular formula is C18H29NO5Si. The zero-order chi connectivity index (χ0) is 18.7. The van der Waals surface area contributed by atoms with Crippen LogP contribution in [0.1, 0.15) is 40.0 Å². The number of rotatable bonds is 12. The summed E-state index contributed by atoms with van der Waals surface area (Å²) in [6, 6.07) is 9.04. The molecule has 2 unspecified atom stereocenters. The first-order valence-corrected chi connectivity index (χ1v) is 10.4. The van der Waals surface area contributed by atoms with Gasteiger partial charge in [-0.1, -0.05) is 25.1 Å². The molecule has 140 valence electrons. The van der Waals surface area contributed by atoms with Gasteiger partial charge in [0.05, 0.1) is 5.92 Å². The fourth-order valence-electron chi connectivity index (χ4n) is 2.58. The van der Waals surface area contributed by atoms with Crippen molar-refractivity contribution in [1.29, 1.82) is 0 Å². The first-order valence-electron chi connectivity index (χ1n) is 8.78. The molecule has 1 amide bonds. The van der Waals surface area contributed by atoms with Gasteiger partial charge < -0.3 is 19.3 Å². The second-order valence-electron chi connectivity index (χ2n) is 5.99. The number of amides is 1. The predicted octanol–water partition coefficient (Wildman–Crippen LogP) is 3.18. The van der Waals surface area contributed by atoms with E-state index in [1.807, 2.05) is 39.0 Å². The molecule has 0 aliphatic heterocycles. The molecule has 6 nitrogen and oxygen atoms in total. The quantitative estimate of drug-likeness (QED) is 0.554. The molecule has 0 fully saturated rings. The number of nitrogens with one attached hydrogen (secondary N) is 1. The molecule has 2 atom stereocenters. The van der Waals surface area contributed by atoms with Gasteiger partial charge in [-0.15, -0.1) is 0 Å². The van der Waals surface area contributed by atoms with Crippen molar-refractivity contribution >= 4 is 26.8 Å². The maximum Gasteiger partial charge on any atom is 0.324 e. The molecule has 1 aromatic carbocycles. The first kappa shape index (κ1) is 21.3. The van der Waals surface area contributed by atoms with Gasteiger partial charge in [0, 0.05) is 25.3 Å². The average Bonchev–Trinajstić information content (AvgIpc) is 2.58. The number of carbonyl (C=O) groups is 2. The molecule has 1 aromatic rings. The van der Waals surface area contributed by atoms with Crippen molar-refractivity contribution in [3.63, 3.8) is 0 Å². The van der Waals surface area contributed by atoms with Crippen LogP contribution in [-0.2, 0) is 18.4 Å². The SMILES string of the molecule is CCO[SiH](OCC)C(C)CCC(CC(=O)Nc1ccccc1)C(=O)O. The van der Waals surface area contributed by atoms with E-state index in [1.54, 1.807) is 12.1 Å². The zero-order valence-corrected chi connectivity index (χ0v) is 16.4. The molecule has 2 N–H and O–H groups in total. The molecule has 0 spiro atoms. The summed E-state index contributed by atoms with van der Waals surface area (Å²) >= 11 is 0. The van der Waals surface area contributed by atoms with Crippen molar-refractivity contribution in [2.24, 2.45) is 5.92 Å². The number of carboxylic acid groups (broad SMARTS) is 1. The third-order valence-electron chi connectivity index (χ3n) is 3.94. The van der Waals surface area contributed by atoms with Crippen LogP contribution in [-0.4, -0.2) is 39.5 Å². The van der Waals surface area contributed by atoms with E-state index in [-0.39, 0.29) is 17.9 Å². The zero-order valence-electron chi connectivity index (χ0n) is 15.2. The molecular weight excluding hydrogens is 338 g/mol. The van der Waals surface area contributed by atoms with Crippen molar-refractivity contribution in [2.45, 2.75) is 45.6 Å². The van der Waals surface area contributed by atoms with Crippen LogP contribution in [0, 0.1) is 5.92 Å². The van der Waals surface area contributed by atoms with E-state index < -0.39 is 21.2 Å². The Kier molecular flexibility index (Phi) is 10.1. The monoisotopic (exact) mass is 367 g/mol. The summed E-state index contributed by atoms with van der Waals surface area (Å²) in [5.41, 5.74) is 0.865. The third kappa shape index (κ3) is 8.29. The number of carbonyl (C=O) groups excluding carboxylic acids is 1. The summed E-state index contributed by atoms with van der Waals surface area (Å²) in [5.74, 6) is -1.93. The number of carboxylic acids is 1. The average molecular weight is 368 g/mol. The number of hydrogen-bond donors (Lipinski definition) is 2. The van der Waals surface area contributed by atoms with Gasteiger partial charge in [0.2, 0.25) is 5.91 Å². The maximum absolute atomic E-state index is 12.1. The minimum Gasteiger partial charge on any atom is -0.481 e. The van der Waals surface area contributed by atoms with E-state index in [1.165, 1.54) is 0 Å². The fourth-order valence-corrected chi connectivity index (χ4v) is 4.45. The van der Waals surface area contributed by atoms with Gasteiger partial charge >= 0.3 is 15.3 Å². The van der Waals surface area contributed by atoms with Crippen LogP contribution in [0.4, 0.5) is 5.69 Å². The van der Waals surface area contributed by atoms with Gasteiger partial charge in [-0.25, -0.2) is 0 Å². The lowest BCUT2D eigenvalue weighted by atomic mass is 9.98. The molecule has 25 heavy (non-hydrogen) atoms. The first-order chi connectivity index (χ1) is 12.0. The van der Waals surface area contributed by atoms with Gasteiger partial charge in [-0.05, 0) is 44.4 Å². The van der Waals surface area contributed by atoms with Crippen LogP contribution in [0.3, 0.4) is 0 Å². The number of benzene rings is 1. The number of para-hydroxylation sites is 1. The fraction of sp³-hybridized carbons (Fsp3) is 0.556. The standard InChI is InChI=1S/C18H29NO5Si/c1-4-23-25(24-5-2)14(3)11-12-15(18(21)22)13-17(20)19-16-9-7-6-8-10-16/h6-10,14-15,25H,4-5,11-13H2,1-3H3,(H,19,20)(H,21,22). The maximum atomic E-state index is 12.1. The van der Waals surface area contributed by atoms with E-state index in [9.17, 15) is 14.7 Å². The molecule has 0 aliphatic carbocycles. The molecule has 0 aromatic heterocycles. The summed E-state index contributed by atoms with van der Waals surface area (Å²) in [5, 5.41) is 12.2.